The van der Waals surface area contributed by atoms with E-state index in [9.17, 15) is 0 Å². The first kappa shape index (κ1) is 12.7. The molecule has 1 saturated heterocycles. The lowest BCUT2D eigenvalue weighted by molar-refractivity contribution is 0.388. The third kappa shape index (κ3) is 2.75. The predicted molar refractivity (Wildman–Crippen MR) is 72.2 cm³/mol. The highest BCUT2D eigenvalue weighted by Crippen LogP contribution is 2.36. The van der Waals surface area contributed by atoms with Gasteiger partial charge < -0.3 is 10.1 Å². The van der Waals surface area contributed by atoms with Crippen LogP contribution in [0.2, 0.25) is 5.02 Å². The van der Waals surface area contributed by atoms with Crippen molar-refractivity contribution in [1.29, 1.82) is 0 Å². The van der Waals surface area contributed by atoms with Crippen LogP contribution in [0.15, 0.2) is 12.1 Å². The minimum atomic E-state index is 0.530. The molecule has 1 aliphatic heterocycles. The molecule has 17 heavy (non-hydrogen) atoms. The molecule has 1 heterocycles. The summed E-state index contributed by atoms with van der Waals surface area (Å²) in [5, 5.41) is 4.27. The number of ether oxygens (including phenoxy) is 1. The number of piperidine rings is 1. The van der Waals surface area contributed by atoms with Crippen molar-refractivity contribution in [1.82, 2.24) is 5.32 Å². The molecule has 94 valence electrons. The van der Waals surface area contributed by atoms with E-state index in [0.29, 0.717) is 5.92 Å². The van der Waals surface area contributed by atoms with Crippen LogP contribution in [0.3, 0.4) is 0 Å². The zero-order valence-electron chi connectivity index (χ0n) is 10.6. The maximum atomic E-state index is 6.20. The number of hydrogen-bond acceptors (Lipinski definition) is 2. The Labute approximate surface area is 108 Å². The normalized spacial score (nSPS) is 20.3. The molecule has 0 bridgehead atoms. The van der Waals surface area contributed by atoms with Crippen LogP contribution in [0.1, 0.15) is 36.8 Å². The predicted octanol–water partition coefficient (Wildman–Crippen LogP) is 3.38. The van der Waals surface area contributed by atoms with Crippen LogP contribution in [0, 0.1) is 0 Å². The first-order chi connectivity index (χ1) is 8.26. The van der Waals surface area contributed by atoms with Crippen molar-refractivity contribution in [3.63, 3.8) is 0 Å². The van der Waals surface area contributed by atoms with Crippen molar-refractivity contribution in [2.75, 3.05) is 20.2 Å². The Hall–Kier alpha value is -0.730. The van der Waals surface area contributed by atoms with Gasteiger partial charge in [-0.05, 0) is 43.5 Å². The second-order valence-corrected chi connectivity index (χ2v) is 5.02. The van der Waals surface area contributed by atoms with Crippen molar-refractivity contribution >= 4 is 11.6 Å². The van der Waals surface area contributed by atoms with Gasteiger partial charge in [-0.3, -0.25) is 0 Å². The van der Waals surface area contributed by atoms with E-state index in [2.05, 4.69) is 18.3 Å². The molecular weight excluding hydrogens is 234 g/mol. The maximum absolute atomic E-state index is 6.20. The van der Waals surface area contributed by atoms with Crippen LogP contribution >= 0.6 is 11.6 Å². The summed E-state index contributed by atoms with van der Waals surface area (Å²) in [5.74, 6) is 1.56. The topological polar surface area (TPSA) is 21.3 Å². The molecule has 1 unspecified atom stereocenters. The number of benzene rings is 1. The molecule has 1 aliphatic rings. The van der Waals surface area contributed by atoms with Gasteiger partial charge in [-0.1, -0.05) is 18.5 Å². The standard InChI is InChI=1S/C14H20ClNO/c1-3-10-7-12(15)8-13(14(10)17-2)11-5-4-6-16-9-11/h7-8,11,16H,3-6,9H2,1-2H3. The molecule has 1 aromatic carbocycles. The summed E-state index contributed by atoms with van der Waals surface area (Å²) < 4.78 is 5.59. The summed E-state index contributed by atoms with van der Waals surface area (Å²) in [4.78, 5) is 0. The van der Waals surface area contributed by atoms with Crippen molar-refractivity contribution in [3.05, 3.63) is 28.3 Å². The van der Waals surface area contributed by atoms with Gasteiger partial charge in [-0.25, -0.2) is 0 Å². The Balaban J connectivity index is 2.39. The summed E-state index contributed by atoms with van der Waals surface area (Å²) in [7, 11) is 1.75. The van der Waals surface area contributed by atoms with Gasteiger partial charge in [0.1, 0.15) is 5.75 Å². The average Bonchev–Trinajstić information content (AvgIpc) is 2.38. The van der Waals surface area contributed by atoms with Gasteiger partial charge in [-0.15, -0.1) is 0 Å². The van der Waals surface area contributed by atoms with Gasteiger partial charge in [0.05, 0.1) is 7.11 Å². The zero-order valence-corrected chi connectivity index (χ0v) is 11.3. The highest BCUT2D eigenvalue weighted by atomic mass is 35.5. The largest absolute Gasteiger partial charge is 0.496 e. The number of rotatable bonds is 3. The van der Waals surface area contributed by atoms with E-state index in [1.54, 1.807) is 7.11 Å². The smallest absolute Gasteiger partial charge is 0.125 e. The van der Waals surface area contributed by atoms with Crippen LogP contribution < -0.4 is 10.1 Å². The van der Waals surface area contributed by atoms with Gasteiger partial charge in [0, 0.05) is 23.0 Å². The minimum Gasteiger partial charge on any atom is -0.496 e. The second kappa shape index (κ2) is 5.74. The van der Waals surface area contributed by atoms with Crippen LogP contribution in [0.25, 0.3) is 0 Å². The van der Waals surface area contributed by atoms with Crippen molar-refractivity contribution < 1.29 is 4.74 Å². The summed E-state index contributed by atoms with van der Waals surface area (Å²) in [6.45, 7) is 4.29. The maximum Gasteiger partial charge on any atom is 0.125 e. The number of hydrogen-bond donors (Lipinski definition) is 1. The average molecular weight is 254 g/mol. The summed E-state index contributed by atoms with van der Waals surface area (Å²) in [6.07, 6.45) is 3.39. The van der Waals surface area contributed by atoms with Crippen molar-refractivity contribution in [3.8, 4) is 5.75 Å². The molecule has 1 fully saturated rings. The summed E-state index contributed by atoms with van der Waals surface area (Å²) in [6, 6.07) is 4.08. The lowest BCUT2D eigenvalue weighted by Gasteiger charge is -2.26. The monoisotopic (exact) mass is 253 g/mol. The molecule has 0 aromatic heterocycles. The molecule has 2 nitrogen and oxygen atoms in total. The van der Waals surface area contributed by atoms with E-state index >= 15 is 0 Å². The Morgan fingerprint density at radius 2 is 2.29 bits per heavy atom. The van der Waals surface area contributed by atoms with E-state index in [1.165, 1.54) is 24.0 Å². The molecule has 0 aliphatic carbocycles. The third-order valence-electron chi connectivity index (χ3n) is 3.48. The van der Waals surface area contributed by atoms with Crippen molar-refractivity contribution in [2.45, 2.75) is 32.1 Å². The Bertz CT molecular complexity index is 386. The third-order valence-corrected chi connectivity index (χ3v) is 3.70. The lowest BCUT2D eigenvalue weighted by Crippen LogP contribution is -2.28. The highest BCUT2D eigenvalue weighted by Gasteiger charge is 2.21. The van der Waals surface area contributed by atoms with E-state index in [4.69, 9.17) is 16.3 Å². The lowest BCUT2D eigenvalue weighted by atomic mass is 9.89. The van der Waals surface area contributed by atoms with Crippen molar-refractivity contribution in [2.24, 2.45) is 0 Å². The fourth-order valence-corrected chi connectivity index (χ4v) is 2.85. The molecule has 0 radical (unpaired) electrons. The molecule has 0 spiro atoms. The van der Waals surface area contributed by atoms with Crippen LogP contribution in [0.5, 0.6) is 5.75 Å². The van der Waals surface area contributed by atoms with Crippen LogP contribution in [0.4, 0.5) is 0 Å². The summed E-state index contributed by atoms with van der Waals surface area (Å²) in [5.41, 5.74) is 2.48. The number of nitrogens with one attached hydrogen (secondary N) is 1. The Morgan fingerprint density at radius 1 is 1.47 bits per heavy atom. The molecule has 2 rings (SSSR count). The quantitative estimate of drug-likeness (QED) is 0.892. The first-order valence-corrected chi connectivity index (χ1v) is 6.71. The van der Waals surface area contributed by atoms with E-state index in [-0.39, 0.29) is 0 Å². The SMILES string of the molecule is CCc1cc(Cl)cc(C2CCCNC2)c1OC. The second-order valence-electron chi connectivity index (χ2n) is 4.58. The van der Waals surface area contributed by atoms with Crippen LogP contribution in [-0.4, -0.2) is 20.2 Å². The molecular formula is C14H20ClNO. The molecule has 3 heteroatoms. The van der Waals surface area contributed by atoms with Crippen LogP contribution in [-0.2, 0) is 6.42 Å². The fourth-order valence-electron chi connectivity index (χ4n) is 2.61. The molecule has 1 atom stereocenters. The van der Waals surface area contributed by atoms with E-state index in [0.717, 1.165) is 30.3 Å². The Kier molecular flexibility index (Phi) is 4.30. The fraction of sp³-hybridized carbons (Fsp3) is 0.571. The van der Waals surface area contributed by atoms with Gasteiger partial charge in [-0.2, -0.15) is 0 Å². The number of aryl methyl sites for hydroxylation is 1. The Morgan fingerprint density at radius 3 is 2.88 bits per heavy atom. The number of halogens is 1. The molecule has 1 aromatic rings. The van der Waals surface area contributed by atoms with Gasteiger partial charge in [0.2, 0.25) is 0 Å². The minimum absolute atomic E-state index is 0.530. The molecule has 1 N–H and O–H groups in total. The van der Waals surface area contributed by atoms with Gasteiger partial charge in [0.25, 0.3) is 0 Å². The van der Waals surface area contributed by atoms with E-state index < -0.39 is 0 Å². The molecule has 0 saturated carbocycles. The zero-order chi connectivity index (χ0) is 12.3. The number of methoxy groups -OCH3 is 1. The first-order valence-electron chi connectivity index (χ1n) is 6.33. The summed E-state index contributed by atoms with van der Waals surface area (Å²) >= 11 is 6.20. The van der Waals surface area contributed by atoms with E-state index in [1.807, 2.05) is 6.07 Å². The molecule has 0 amide bonds. The highest BCUT2D eigenvalue weighted by molar-refractivity contribution is 6.30. The van der Waals surface area contributed by atoms with Gasteiger partial charge in [0.15, 0.2) is 0 Å². The van der Waals surface area contributed by atoms with Gasteiger partial charge >= 0.3 is 0 Å².